The number of rotatable bonds is 3. The van der Waals surface area contributed by atoms with Gasteiger partial charge in [0, 0.05) is 6.42 Å². The molecule has 1 aliphatic rings. The monoisotopic (exact) mass is 185 g/mol. The van der Waals surface area contributed by atoms with Gasteiger partial charge in [0.2, 0.25) is 5.91 Å². The molecule has 1 saturated carbocycles. The number of hydrogen-bond acceptors (Lipinski definition) is 1. The van der Waals surface area contributed by atoms with E-state index in [2.05, 4.69) is 20.8 Å². The molecule has 1 rings (SSSR count). The van der Waals surface area contributed by atoms with Gasteiger partial charge in [0.05, 0.1) is 0 Å². The predicted octanol–water partition coefficient (Wildman–Crippen LogP) is 2.71. The summed E-state index contributed by atoms with van der Waals surface area (Å²) in [5.41, 5.74) is 4.98. The van der Waals surface area contributed by atoms with E-state index in [1.54, 1.807) is 0 Å². The van der Waals surface area contributed by atoms with Crippen molar-refractivity contribution in [2.24, 2.45) is 17.6 Å². The van der Waals surface area contributed by atoms with Crippen LogP contribution in [-0.2, 0) is 4.79 Å². The highest BCUT2D eigenvalue weighted by Crippen LogP contribution is 2.29. The first-order chi connectivity index (χ1) is 6.02. The van der Waals surface area contributed by atoms with Crippen molar-refractivity contribution in [1.82, 2.24) is 0 Å². The van der Waals surface area contributed by atoms with Crippen LogP contribution in [0.25, 0.3) is 0 Å². The van der Waals surface area contributed by atoms with Crippen LogP contribution >= 0.6 is 0 Å². The zero-order chi connectivity index (χ0) is 10.3. The molecule has 0 aromatic carbocycles. The van der Waals surface area contributed by atoms with Gasteiger partial charge in [-0.25, -0.2) is 0 Å². The standard InChI is InChI=1S/C7H13NO.C4H10/c8-7(9)5-4-6-2-1-3-6;1-4(2)3/h6H,1-5H2,(H2,8,9);4H,1-3H3. The molecule has 0 spiro atoms. The molecular formula is C11H23NO. The van der Waals surface area contributed by atoms with Crippen molar-refractivity contribution in [1.29, 1.82) is 0 Å². The minimum Gasteiger partial charge on any atom is -0.370 e. The lowest BCUT2D eigenvalue weighted by molar-refractivity contribution is -0.118. The van der Waals surface area contributed by atoms with Gasteiger partial charge in [0.15, 0.2) is 0 Å². The molecule has 0 aromatic heterocycles. The predicted molar refractivity (Wildman–Crippen MR) is 56.3 cm³/mol. The van der Waals surface area contributed by atoms with Crippen molar-refractivity contribution in [3.8, 4) is 0 Å². The molecule has 0 aliphatic heterocycles. The summed E-state index contributed by atoms with van der Waals surface area (Å²) in [6.07, 6.45) is 5.59. The summed E-state index contributed by atoms with van der Waals surface area (Å²) in [6, 6.07) is 0. The molecule has 2 nitrogen and oxygen atoms in total. The second-order valence-corrected chi connectivity index (χ2v) is 4.53. The third-order valence-corrected chi connectivity index (χ3v) is 2.02. The minimum atomic E-state index is -0.151. The Morgan fingerprint density at radius 1 is 1.38 bits per heavy atom. The normalized spacial score (nSPS) is 16.0. The average molecular weight is 185 g/mol. The van der Waals surface area contributed by atoms with Crippen LogP contribution in [0, 0.1) is 11.8 Å². The average Bonchev–Trinajstić information content (AvgIpc) is 1.81. The van der Waals surface area contributed by atoms with Gasteiger partial charge in [-0.15, -0.1) is 0 Å². The van der Waals surface area contributed by atoms with Gasteiger partial charge in [0.1, 0.15) is 0 Å². The zero-order valence-electron chi connectivity index (χ0n) is 9.18. The Morgan fingerprint density at radius 3 is 2.08 bits per heavy atom. The largest absolute Gasteiger partial charge is 0.370 e. The Kier molecular flexibility index (Phi) is 6.65. The highest BCUT2D eigenvalue weighted by Gasteiger charge is 2.17. The molecule has 1 fully saturated rings. The van der Waals surface area contributed by atoms with E-state index < -0.39 is 0 Å². The molecule has 1 aliphatic carbocycles. The lowest BCUT2D eigenvalue weighted by Gasteiger charge is -2.24. The molecule has 0 saturated heterocycles. The molecule has 0 radical (unpaired) electrons. The van der Waals surface area contributed by atoms with Gasteiger partial charge in [0.25, 0.3) is 0 Å². The fourth-order valence-electron chi connectivity index (χ4n) is 1.13. The van der Waals surface area contributed by atoms with E-state index in [1.807, 2.05) is 0 Å². The molecule has 0 heterocycles. The quantitative estimate of drug-likeness (QED) is 0.721. The van der Waals surface area contributed by atoms with E-state index in [0.717, 1.165) is 18.3 Å². The first-order valence-electron chi connectivity index (χ1n) is 5.30. The number of amides is 1. The summed E-state index contributed by atoms with van der Waals surface area (Å²) in [5.74, 6) is 1.50. The molecule has 1 amide bonds. The van der Waals surface area contributed by atoms with E-state index in [1.165, 1.54) is 19.3 Å². The van der Waals surface area contributed by atoms with Gasteiger partial charge < -0.3 is 5.73 Å². The summed E-state index contributed by atoms with van der Waals surface area (Å²) in [7, 11) is 0. The first-order valence-corrected chi connectivity index (χ1v) is 5.30. The van der Waals surface area contributed by atoms with Crippen LogP contribution in [0.3, 0.4) is 0 Å². The molecule has 78 valence electrons. The maximum Gasteiger partial charge on any atom is 0.217 e. The van der Waals surface area contributed by atoms with Crippen molar-refractivity contribution < 1.29 is 4.79 Å². The number of primary amides is 1. The Hall–Kier alpha value is -0.530. The molecule has 0 bridgehead atoms. The van der Waals surface area contributed by atoms with Crippen molar-refractivity contribution >= 4 is 5.91 Å². The van der Waals surface area contributed by atoms with Crippen LogP contribution in [-0.4, -0.2) is 5.91 Å². The third kappa shape index (κ3) is 9.38. The summed E-state index contributed by atoms with van der Waals surface area (Å²) in [5, 5.41) is 0. The van der Waals surface area contributed by atoms with Crippen LogP contribution in [0.1, 0.15) is 52.9 Å². The first kappa shape index (κ1) is 12.5. The number of nitrogens with two attached hydrogens (primary N) is 1. The molecule has 2 N–H and O–H groups in total. The Bertz CT molecular complexity index is 136. The second kappa shape index (κ2) is 6.93. The minimum absolute atomic E-state index is 0.151. The highest BCUT2D eigenvalue weighted by molar-refractivity contribution is 5.73. The van der Waals surface area contributed by atoms with E-state index in [4.69, 9.17) is 5.73 Å². The van der Waals surface area contributed by atoms with E-state index in [-0.39, 0.29) is 5.91 Å². The van der Waals surface area contributed by atoms with Crippen LogP contribution in [0.15, 0.2) is 0 Å². The third-order valence-electron chi connectivity index (χ3n) is 2.02. The van der Waals surface area contributed by atoms with Gasteiger partial charge in [-0.05, 0) is 18.3 Å². The Balaban J connectivity index is 0.000000310. The number of hydrogen-bond donors (Lipinski definition) is 1. The lowest BCUT2D eigenvalue weighted by atomic mass is 9.82. The van der Waals surface area contributed by atoms with Crippen LogP contribution in [0.2, 0.25) is 0 Å². The van der Waals surface area contributed by atoms with Crippen LogP contribution < -0.4 is 5.73 Å². The second-order valence-electron chi connectivity index (χ2n) is 4.53. The Labute approximate surface area is 81.9 Å². The van der Waals surface area contributed by atoms with Crippen molar-refractivity contribution in [3.05, 3.63) is 0 Å². The molecule has 13 heavy (non-hydrogen) atoms. The summed E-state index contributed by atoms with van der Waals surface area (Å²) in [6.45, 7) is 6.50. The van der Waals surface area contributed by atoms with Gasteiger partial charge in [-0.1, -0.05) is 40.0 Å². The van der Waals surface area contributed by atoms with Gasteiger partial charge in [-0.3, -0.25) is 4.79 Å². The van der Waals surface area contributed by atoms with Crippen molar-refractivity contribution in [3.63, 3.8) is 0 Å². The summed E-state index contributed by atoms with van der Waals surface area (Å²) < 4.78 is 0. The van der Waals surface area contributed by atoms with Gasteiger partial charge >= 0.3 is 0 Å². The number of carbonyl (C=O) groups excluding carboxylic acids is 1. The van der Waals surface area contributed by atoms with E-state index >= 15 is 0 Å². The van der Waals surface area contributed by atoms with E-state index in [9.17, 15) is 4.79 Å². The fraction of sp³-hybridized carbons (Fsp3) is 0.909. The molecule has 2 heteroatoms. The molecule has 0 atom stereocenters. The topological polar surface area (TPSA) is 43.1 Å². The molecular weight excluding hydrogens is 162 g/mol. The van der Waals surface area contributed by atoms with Crippen molar-refractivity contribution in [2.45, 2.75) is 52.9 Å². The van der Waals surface area contributed by atoms with E-state index in [0.29, 0.717) is 6.42 Å². The maximum absolute atomic E-state index is 10.3. The van der Waals surface area contributed by atoms with Gasteiger partial charge in [-0.2, -0.15) is 0 Å². The smallest absolute Gasteiger partial charge is 0.217 e. The highest BCUT2D eigenvalue weighted by atomic mass is 16.1. The zero-order valence-corrected chi connectivity index (χ0v) is 9.18. The molecule has 0 unspecified atom stereocenters. The lowest BCUT2D eigenvalue weighted by Crippen LogP contribution is -2.16. The SMILES string of the molecule is CC(C)C.NC(=O)CCC1CCC1. The maximum atomic E-state index is 10.3. The number of carbonyl (C=O) groups is 1. The summed E-state index contributed by atoms with van der Waals surface area (Å²) in [4.78, 5) is 10.3. The molecule has 0 aromatic rings. The van der Waals surface area contributed by atoms with Crippen LogP contribution in [0.4, 0.5) is 0 Å². The van der Waals surface area contributed by atoms with Crippen molar-refractivity contribution in [2.75, 3.05) is 0 Å². The Morgan fingerprint density at radius 2 is 1.85 bits per heavy atom. The fourth-order valence-corrected chi connectivity index (χ4v) is 1.13. The van der Waals surface area contributed by atoms with Crippen LogP contribution in [0.5, 0.6) is 0 Å². The summed E-state index contributed by atoms with van der Waals surface area (Å²) >= 11 is 0.